The molecule has 0 aromatic carbocycles. The normalized spacial score (nSPS) is 34.5. The molecule has 0 aromatic heterocycles. The van der Waals surface area contributed by atoms with Crippen LogP contribution in [-0.4, -0.2) is 73.5 Å². The Hall–Kier alpha value is -1.96. The highest BCUT2D eigenvalue weighted by molar-refractivity contribution is 5.76. The molecule has 7 nitrogen and oxygen atoms in total. The summed E-state index contributed by atoms with van der Waals surface area (Å²) in [5.41, 5.74) is 1.37. The van der Waals surface area contributed by atoms with E-state index in [1.54, 1.807) is 0 Å². The standard InChI is InChI=1S/C35H56N2O5/c1-4-28-22-31-24-30-12-10-11-29(40-30)21-26(2)15-16-27(3)33(42-35(39)25-32(23-28)41-31)13-8-6-5-7-9-14-34(38)37-19-17-36-18-20-37/h4,8,13,15-16,26-27,29-33,36H,5-7,9-12,14,17-25H2,1-3H3. The van der Waals surface area contributed by atoms with Crippen molar-refractivity contribution >= 4 is 11.9 Å². The van der Waals surface area contributed by atoms with Gasteiger partial charge in [-0.05, 0) is 76.7 Å². The molecule has 0 aliphatic carbocycles. The molecule has 4 aliphatic rings. The van der Waals surface area contributed by atoms with Gasteiger partial charge < -0.3 is 24.4 Å². The van der Waals surface area contributed by atoms with E-state index in [0.29, 0.717) is 18.4 Å². The third kappa shape index (κ3) is 10.9. The summed E-state index contributed by atoms with van der Waals surface area (Å²) in [5.74, 6) is 0.567. The molecule has 0 aromatic rings. The molecule has 3 fully saturated rings. The second kappa shape index (κ2) is 17.4. The summed E-state index contributed by atoms with van der Waals surface area (Å²) in [6.07, 6.45) is 23.0. The fourth-order valence-corrected chi connectivity index (χ4v) is 6.85. The molecular formula is C35H56N2O5. The number of fused-ring (bicyclic) bond motifs is 4. The van der Waals surface area contributed by atoms with Crippen molar-refractivity contribution in [2.24, 2.45) is 11.8 Å². The molecule has 4 bridgehead atoms. The highest BCUT2D eigenvalue weighted by Gasteiger charge is 2.32. The summed E-state index contributed by atoms with van der Waals surface area (Å²) in [6.45, 7) is 9.93. The lowest BCUT2D eigenvalue weighted by Crippen LogP contribution is -2.46. The molecular weight excluding hydrogens is 528 g/mol. The van der Waals surface area contributed by atoms with Crippen LogP contribution in [0.25, 0.3) is 0 Å². The van der Waals surface area contributed by atoms with Gasteiger partial charge in [-0.3, -0.25) is 9.59 Å². The first-order chi connectivity index (χ1) is 20.4. The molecule has 4 rings (SSSR count). The zero-order valence-corrected chi connectivity index (χ0v) is 26.4. The molecule has 0 spiro atoms. The molecule has 1 amide bonds. The van der Waals surface area contributed by atoms with Gasteiger partial charge >= 0.3 is 5.97 Å². The number of rotatable bonds is 7. The Morgan fingerprint density at radius 3 is 2.48 bits per heavy atom. The van der Waals surface area contributed by atoms with E-state index in [0.717, 1.165) is 90.4 Å². The molecule has 42 heavy (non-hydrogen) atoms. The Morgan fingerprint density at radius 1 is 0.952 bits per heavy atom. The summed E-state index contributed by atoms with van der Waals surface area (Å²) in [4.78, 5) is 27.6. The maximum Gasteiger partial charge on any atom is 0.309 e. The van der Waals surface area contributed by atoms with Crippen molar-refractivity contribution in [1.29, 1.82) is 0 Å². The van der Waals surface area contributed by atoms with Crippen molar-refractivity contribution in [2.75, 3.05) is 26.2 Å². The number of nitrogens with zero attached hydrogens (tertiary/aromatic N) is 1. The lowest BCUT2D eigenvalue weighted by Gasteiger charge is -2.37. The van der Waals surface area contributed by atoms with Crippen LogP contribution in [0.3, 0.4) is 0 Å². The van der Waals surface area contributed by atoms with Crippen molar-refractivity contribution in [3.63, 3.8) is 0 Å². The van der Waals surface area contributed by atoms with E-state index in [-0.39, 0.29) is 48.6 Å². The minimum Gasteiger partial charge on any atom is -0.457 e. The third-order valence-electron chi connectivity index (χ3n) is 9.35. The van der Waals surface area contributed by atoms with Crippen molar-refractivity contribution in [2.45, 2.75) is 135 Å². The van der Waals surface area contributed by atoms with E-state index in [4.69, 9.17) is 14.2 Å². The number of nitrogens with one attached hydrogen (secondary N) is 1. The van der Waals surface area contributed by atoms with Crippen molar-refractivity contribution in [1.82, 2.24) is 10.2 Å². The molecule has 3 saturated heterocycles. The van der Waals surface area contributed by atoms with Gasteiger partial charge in [0.15, 0.2) is 0 Å². The lowest BCUT2D eigenvalue weighted by molar-refractivity contribution is -0.154. The van der Waals surface area contributed by atoms with Gasteiger partial charge in [0, 0.05) is 44.9 Å². The molecule has 236 valence electrons. The van der Waals surface area contributed by atoms with Crippen LogP contribution >= 0.6 is 0 Å². The molecule has 4 aliphatic heterocycles. The molecule has 4 heterocycles. The summed E-state index contributed by atoms with van der Waals surface area (Å²) < 4.78 is 19.1. The van der Waals surface area contributed by atoms with Crippen LogP contribution < -0.4 is 5.32 Å². The first-order valence-corrected chi connectivity index (χ1v) is 16.9. The van der Waals surface area contributed by atoms with E-state index in [1.165, 1.54) is 12.0 Å². The van der Waals surface area contributed by atoms with E-state index in [1.807, 2.05) is 4.90 Å². The monoisotopic (exact) mass is 584 g/mol. The predicted molar refractivity (Wildman–Crippen MR) is 167 cm³/mol. The van der Waals surface area contributed by atoms with E-state index in [9.17, 15) is 9.59 Å². The number of carbonyl (C=O) groups excluding carboxylic acids is 2. The highest BCUT2D eigenvalue weighted by Crippen LogP contribution is 2.33. The number of hydrogen-bond acceptors (Lipinski definition) is 6. The first-order valence-electron chi connectivity index (χ1n) is 16.9. The van der Waals surface area contributed by atoms with E-state index < -0.39 is 0 Å². The quantitative estimate of drug-likeness (QED) is 0.216. The second-order valence-electron chi connectivity index (χ2n) is 13.1. The number of hydrogen-bond donors (Lipinski definition) is 1. The van der Waals surface area contributed by atoms with Crippen LogP contribution in [0.4, 0.5) is 0 Å². The molecule has 7 atom stereocenters. The Morgan fingerprint density at radius 2 is 1.69 bits per heavy atom. The Balaban J connectivity index is 1.33. The molecule has 1 N–H and O–H groups in total. The Kier molecular flexibility index (Phi) is 13.6. The third-order valence-corrected chi connectivity index (χ3v) is 9.35. The summed E-state index contributed by atoms with van der Waals surface area (Å²) >= 11 is 0. The number of allylic oxidation sites excluding steroid dienone is 3. The maximum absolute atomic E-state index is 13.2. The number of carbonyl (C=O) groups is 2. The molecule has 7 heteroatoms. The number of cyclic esters (lactones) is 1. The zero-order chi connectivity index (χ0) is 29.7. The van der Waals surface area contributed by atoms with Gasteiger partial charge in [-0.1, -0.05) is 50.1 Å². The minimum absolute atomic E-state index is 0.0725. The van der Waals surface area contributed by atoms with E-state index in [2.05, 4.69) is 56.5 Å². The molecule has 7 unspecified atom stereocenters. The van der Waals surface area contributed by atoms with Crippen molar-refractivity contribution in [3.8, 4) is 0 Å². The first kappa shape index (κ1) is 32.9. The number of unbranched alkanes of at least 4 members (excludes halogenated alkanes) is 3. The van der Waals surface area contributed by atoms with Crippen LogP contribution in [0, 0.1) is 11.8 Å². The summed E-state index contributed by atoms with van der Waals surface area (Å²) in [5, 5.41) is 3.30. The maximum atomic E-state index is 13.2. The Labute approximate surface area is 254 Å². The number of esters is 1. The van der Waals surface area contributed by atoms with Crippen molar-refractivity contribution in [3.05, 3.63) is 36.0 Å². The van der Waals surface area contributed by atoms with Gasteiger partial charge in [-0.15, -0.1) is 0 Å². The van der Waals surface area contributed by atoms with Gasteiger partial charge in [-0.25, -0.2) is 0 Å². The van der Waals surface area contributed by atoms with Gasteiger partial charge in [-0.2, -0.15) is 0 Å². The van der Waals surface area contributed by atoms with Crippen LogP contribution in [0.15, 0.2) is 36.0 Å². The van der Waals surface area contributed by atoms with Crippen LogP contribution in [0.5, 0.6) is 0 Å². The SMILES string of the molecule is CC=C1CC2CC(=O)OC(C=CCCCCCC(=O)N3CCNCC3)C(C)C=CC(C)CC3CCCC(CC(C1)O2)O3. The Bertz CT molecular complexity index is 940. The fraction of sp³-hybridized carbons (Fsp3) is 0.771. The smallest absolute Gasteiger partial charge is 0.309 e. The minimum atomic E-state index is -0.306. The lowest BCUT2D eigenvalue weighted by atomic mass is 9.90. The zero-order valence-electron chi connectivity index (χ0n) is 26.4. The number of amides is 1. The summed E-state index contributed by atoms with van der Waals surface area (Å²) in [7, 11) is 0. The van der Waals surface area contributed by atoms with Crippen LogP contribution in [0.2, 0.25) is 0 Å². The van der Waals surface area contributed by atoms with E-state index >= 15 is 0 Å². The average molecular weight is 585 g/mol. The van der Waals surface area contributed by atoms with Gasteiger partial charge in [0.05, 0.1) is 30.8 Å². The summed E-state index contributed by atoms with van der Waals surface area (Å²) in [6, 6.07) is 0. The van der Waals surface area contributed by atoms with Crippen molar-refractivity contribution < 1.29 is 23.8 Å². The van der Waals surface area contributed by atoms with Gasteiger partial charge in [0.2, 0.25) is 5.91 Å². The average Bonchev–Trinajstić information content (AvgIpc) is 2.98. The fourth-order valence-electron chi connectivity index (χ4n) is 6.85. The number of ether oxygens (including phenoxy) is 3. The highest BCUT2D eigenvalue weighted by atomic mass is 16.5. The van der Waals surface area contributed by atoms with Gasteiger partial charge in [0.25, 0.3) is 0 Å². The second-order valence-corrected chi connectivity index (χ2v) is 13.1. The molecule has 0 radical (unpaired) electrons. The number of piperazine rings is 1. The van der Waals surface area contributed by atoms with Crippen LogP contribution in [0.1, 0.15) is 104 Å². The largest absolute Gasteiger partial charge is 0.457 e. The van der Waals surface area contributed by atoms with Gasteiger partial charge in [0.1, 0.15) is 6.10 Å². The topological polar surface area (TPSA) is 77.1 Å². The molecule has 0 saturated carbocycles. The predicted octanol–water partition coefficient (Wildman–Crippen LogP) is 6.28. The van der Waals surface area contributed by atoms with Crippen LogP contribution in [-0.2, 0) is 23.8 Å².